The van der Waals surface area contributed by atoms with Gasteiger partial charge in [-0.25, -0.2) is 9.18 Å². The van der Waals surface area contributed by atoms with Crippen molar-refractivity contribution in [3.8, 4) is 0 Å². The second-order valence-electron chi connectivity index (χ2n) is 4.24. The van der Waals surface area contributed by atoms with Crippen molar-refractivity contribution in [3.63, 3.8) is 0 Å². The van der Waals surface area contributed by atoms with Gasteiger partial charge in [0.25, 0.3) is 5.91 Å². The van der Waals surface area contributed by atoms with Crippen LogP contribution in [0.25, 0.3) is 0 Å². The molecule has 0 aliphatic rings. The Morgan fingerprint density at radius 2 is 1.61 bits per heavy atom. The molecule has 0 heterocycles. The zero-order chi connectivity index (χ0) is 17.1. The summed E-state index contributed by atoms with van der Waals surface area (Å²) in [6, 6.07) is 5.55. The highest BCUT2D eigenvalue weighted by Gasteiger charge is 2.17. The lowest BCUT2D eigenvalue weighted by atomic mass is 10.2. The number of anilines is 1. The van der Waals surface area contributed by atoms with E-state index in [9.17, 15) is 14.0 Å². The van der Waals surface area contributed by atoms with Gasteiger partial charge in [-0.2, -0.15) is 0 Å². The molecule has 0 unspecified atom stereocenters. The molecular formula is C14H7Cl4FN2O2. The maximum absolute atomic E-state index is 13.5. The van der Waals surface area contributed by atoms with Gasteiger partial charge < -0.3 is 5.32 Å². The summed E-state index contributed by atoms with van der Waals surface area (Å²) in [6.45, 7) is 0. The Bertz CT molecular complexity index is 799. The van der Waals surface area contributed by atoms with Crippen LogP contribution in [-0.2, 0) is 0 Å². The van der Waals surface area contributed by atoms with Gasteiger partial charge in [-0.3, -0.25) is 10.1 Å². The molecule has 2 aromatic carbocycles. The number of benzene rings is 2. The standard InChI is InChI=1S/C14H7Cl4FN2O2/c15-7-5-9(11(17)12(18)10(7)16)20-14(23)21-13(22)6-3-1-2-4-8(6)19/h1-5H,(H2,20,21,22,23). The summed E-state index contributed by atoms with van der Waals surface area (Å²) in [4.78, 5) is 23.6. The quantitative estimate of drug-likeness (QED) is 0.528. The molecule has 0 saturated heterocycles. The minimum Gasteiger partial charge on any atom is -0.306 e. The van der Waals surface area contributed by atoms with Gasteiger partial charge in [-0.05, 0) is 18.2 Å². The van der Waals surface area contributed by atoms with Crippen LogP contribution in [0.1, 0.15) is 10.4 Å². The Morgan fingerprint density at radius 3 is 2.26 bits per heavy atom. The van der Waals surface area contributed by atoms with E-state index in [1.54, 1.807) is 0 Å². The topological polar surface area (TPSA) is 58.2 Å². The SMILES string of the molecule is O=C(NC(=O)c1ccccc1F)Nc1cc(Cl)c(Cl)c(Cl)c1Cl. The number of hydrogen-bond donors (Lipinski definition) is 2. The number of nitrogens with one attached hydrogen (secondary N) is 2. The fourth-order valence-electron chi connectivity index (χ4n) is 1.63. The highest BCUT2D eigenvalue weighted by molar-refractivity contribution is 6.52. The number of imide groups is 1. The molecule has 2 N–H and O–H groups in total. The lowest BCUT2D eigenvalue weighted by molar-refractivity contribution is 0.0963. The van der Waals surface area contributed by atoms with Crippen molar-refractivity contribution in [1.82, 2.24) is 5.32 Å². The van der Waals surface area contributed by atoms with Gasteiger partial charge >= 0.3 is 6.03 Å². The highest BCUT2D eigenvalue weighted by Crippen LogP contribution is 2.40. The molecule has 2 rings (SSSR count). The summed E-state index contributed by atoms with van der Waals surface area (Å²) in [5.41, 5.74) is -0.231. The second-order valence-corrected chi connectivity index (χ2v) is 5.78. The molecule has 0 aliphatic carbocycles. The first kappa shape index (κ1) is 17.8. The van der Waals surface area contributed by atoms with Gasteiger partial charge in [0.2, 0.25) is 0 Å². The minimum atomic E-state index is -0.936. The van der Waals surface area contributed by atoms with Gasteiger partial charge in [0.15, 0.2) is 0 Å². The summed E-state index contributed by atoms with van der Waals surface area (Å²) < 4.78 is 13.5. The third-order valence-electron chi connectivity index (χ3n) is 2.70. The van der Waals surface area contributed by atoms with E-state index in [0.717, 1.165) is 6.07 Å². The number of urea groups is 1. The highest BCUT2D eigenvalue weighted by atomic mass is 35.5. The molecule has 0 aromatic heterocycles. The molecule has 0 saturated carbocycles. The van der Waals surface area contributed by atoms with Crippen LogP contribution in [0.15, 0.2) is 30.3 Å². The fraction of sp³-hybridized carbons (Fsp3) is 0. The van der Waals surface area contributed by atoms with E-state index in [1.807, 2.05) is 5.32 Å². The second kappa shape index (κ2) is 7.36. The van der Waals surface area contributed by atoms with Gasteiger partial charge in [-0.15, -0.1) is 0 Å². The number of amides is 3. The predicted molar refractivity (Wildman–Crippen MR) is 89.4 cm³/mol. The van der Waals surface area contributed by atoms with E-state index < -0.39 is 17.8 Å². The third kappa shape index (κ3) is 4.06. The molecule has 9 heteroatoms. The smallest absolute Gasteiger partial charge is 0.306 e. The van der Waals surface area contributed by atoms with E-state index >= 15 is 0 Å². The van der Waals surface area contributed by atoms with Crippen molar-refractivity contribution in [2.24, 2.45) is 0 Å². The minimum absolute atomic E-state index is 0.0340. The van der Waals surface area contributed by atoms with Gasteiger partial charge in [0, 0.05) is 0 Å². The van der Waals surface area contributed by atoms with E-state index in [4.69, 9.17) is 46.4 Å². The third-order valence-corrected chi connectivity index (χ3v) is 4.45. The first-order chi connectivity index (χ1) is 10.8. The molecule has 120 valence electrons. The van der Waals surface area contributed by atoms with Crippen LogP contribution >= 0.6 is 46.4 Å². The zero-order valence-corrected chi connectivity index (χ0v) is 14.1. The van der Waals surface area contributed by atoms with Gasteiger partial charge in [0.05, 0.1) is 31.3 Å². The predicted octanol–water partition coefficient (Wildman–Crippen LogP) is 5.40. The summed E-state index contributed by atoms with van der Waals surface area (Å²) in [7, 11) is 0. The van der Waals surface area contributed by atoms with E-state index in [2.05, 4.69) is 5.32 Å². The Kier molecular flexibility index (Phi) is 5.70. The Labute approximate surface area is 150 Å². The zero-order valence-electron chi connectivity index (χ0n) is 11.1. The molecule has 0 fully saturated rings. The van der Waals surface area contributed by atoms with E-state index in [1.165, 1.54) is 24.3 Å². The molecule has 0 spiro atoms. The van der Waals surface area contributed by atoms with Crippen molar-refractivity contribution in [3.05, 3.63) is 61.8 Å². The van der Waals surface area contributed by atoms with Crippen LogP contribution in [-0.4, -0.2) is 11.9 Å². The molecule has 2 aromatic rings. The van der Waals surface area contributed by atoms with Crippen molar-refractivity contribution >= 4 is 64.0 Å². The summed E-state index contributed by atoms with van der Waals surface area (Å²) in [5, 5.41) is 4.25. The van der Waals surface area contributed by atoms with Gasteiger partial charge in [-0.1, -0.05) is 58.5 Å². The summed E-state index contributed by atoms with van der Waals surface area (Å²) in [6.07, 6.45) is 0. The normalized spacial score (nSPS) is 10.3. The van der Waals surface area contributed by atoms with Crippen molar-refractivity contribution < 1.29 is 14.0 Å². The Morgan fingerprint density at radius 1 is 0.957 bits per heavy atom. The van der Waals surface area contributed by atoms with Crippen molar-refractivity contribution in [2.75, 3.05) is 5.32 Å². The number of halogens is 5. The molecule has 0 radical (unpaired) electrons. The Balaban J connectivity index is 2.15. The number of rotatable bonds is 2. The molecule has 23 heavy (non-hydrogen) atoms. The molecule has 4 nitrogen and oxygen atoms in total. The maximum Gasteiger partial charge on any atom is 0.326 e. The number of carbonyl (C=O) groups excluding carboxylic acids is 2. The molecule has 0 atom stereocenters. The Hall–Kier alpha value is -1.53. The van der Waals surface area contributed by atoms with Crippen LogP contribution in [0.2, 0.25) is 20.1 Å². The average Bonchev–Trinajstić information content (AvgIpc) is 2.50. The average molecular weight is 396 g/mol. The lowest BCUT2D eigenvalue weighted by Crippen LogP contribution is -2.34. The number of carbonyl (C=O) groups is 2. The van der Waals surface area contributed by atoms with E-state index in [-0.39, 0.29) is 31.3 Å². The largest absolute Gasteiger partial charge is 0.326 e. The van der Waals surface area contributed by atoms with Crippen LogP contribution in [0.4, 0.5) is 14.9 Å². The summed E-state index contributed by atoms with van der Waals surface area (Å²) >= 11 is 23.4. The maximum atomic E-state index is 13.5. The van der Waals surface area contributed by atoms with Crippen molar-refractivity contribution in [1.29, 1.82) is 0 Å². The fourth-order valence-corrected chi connectivity index (χ4v) is 2.48. The summed E-state index contributed by atoms with van der Waals surface area (Å²) in [5.74, 6) is -1.67. The molecule has 0 aliphatic heterocycles. The number of hydrogen-bond acceptors (Lipinski definition) is 2. The first-order valence-electron chi connectivity index (χ1n) is 6.01. The van der Waals surface area contributed by atoms with Crippen molar-refractivity contribution in [2.45, 2.75) is 0 Å². The molecule has 3 amide bonds. The van der Waals surface area contributed by atoms with Crippen LogP contribution in [0.3, 0.4) is 0 Å². The first-order valence-corrected chi connectivity index (χ1v) is 7.52. The molecular weight excluding hydrogens is 389 g/mol. The van der Waals surface area contributed by atoms with Crippen LogP contribution in [0.5, 0.6) is 0 Å². The van der Waals surface area contributed by atoms with Crippen LogP contribution < -0.4 is 10.6 Å². The van der Waals surface area contributed by atoms with Crippen LogP contribution in [0, 0.1) is 5.82 Å². The lowest BCUT2D eigenvalue weighted by Gasteiger charge is -2.11. The van der Waals surface area contributed by atoms with E-state index in [0.29, 0.717) is 0 Å². The van der Waals surface area contributed by atoms with Gasteiger partial charge in [0.1, 0.15) is 5.82 Å². The monoisotopic (exact) mass is 394 g/mol. The molecule has 0 bridgehead atoms.